The van der Waals surface area contributed by atoms with Crippen LogP contribution >= 0.6 is 0 Å². The van der Waals surface area contributed by atoms with Crippen molar-refractivity contribution in [1.82, 2.24) is 9.37 Å². The monoisotopic (exact) mass is 434 g/mol. The van der Waals surface area contributed by atoms with Crippen LogP contribution in [0.5, 0.6) is 0 Å². The third kappa shape index (κ3) is 5.88. The zero-order chi connectivity index (χ0) is 22.3. The van der Waals surface area contributed by atoms with Gasteiger partial charge >= 0.3 is 5.97 Å². The van der Waals surface area contributed by atoms with Crippen LogP contribution < -0.4 is 0 Å². The molecule has 0 saturated heterocycles. The molecule has 0 N–H and O–H groups in total. The summed E-state index contributed by atoms with van der Waals surface area (Å²) in [5.41, 5.74) is 0.985. The zero-order valence-corrected chi connectivity index (χ0v) is 18.3. The number of esters is 1. The number of sulfonamides is 1. The average molecular weight is 435 g/mol. The highest BCUT2D eigenvalue weighted by molar-refractivity contribution is 7.89. The Morgan fingerprint density at radius 1 is 1.03 bits per heavy atom. The summed E-state index contributed by atoms with van der Waals surface area (Å²) in [6.45, 7) is 3.71. The minimum absolute atomic E-state index is 0.0209. The van der Waals surface area contributed by atoms with Gasteiger partial charge in [-0.1, -0.05) is 40.9 Å². The first-order chi connectivity index (χ1) is 14.2. The van der Waals surface area contributed by atoms with Gasteiger partial charge in [-0.3, -0.25) is 9.63 Å². The molecule has 0 heterocycles. The second kappa shape index (κ2) is 10.3. The molecule has 9 heteroatoms. The number of ether oxygens (including phenoxy) is 1. The number of hydroxylamine groups is 1. The lowest BCUT2D eigenvalue weighted by Gasteiger charge is -2.26. The Bertz CT molecular complexity index is 976. The van der Waals surface area contributed by atoms with Crippen LogP contribution in [-0.4, -0.2) is 56.5 Å². The molecule has 0 spiro atoms. The second-order valence-electron chi connectivity index (χ2n) is 6.80. The van der Waals surface area contributed by atoms with E-state index < -0.39 is 22.6 Å². The van der Waals surface area contributed by atoms with Gasteiger partial charge in [0.05, 0.1) is 17.6 Å². The molecule has 0 radical (unpaired) electrons. The van der Waals surface area contributed by atoms with Crippen LogP contribution in [0.15, 0.2) is 59.5 Å². The molecule has 0 saturated carbocycles. The summed E-state index contributed by atoms with van der Waals surface area (Å²) in [7, 11) is -1.45. The minimum atomic E-state index is -3.91. The van der Waals surface area contributed by atoms with E-state index in [-0.39, 0.29) is 22.4 Å². The number of carbonyl (C=O) groups is 2. The molecule has 2 aromatic carbocycles. The molecular weight excluding hydrogens is 408 g/mol. The molecule has 1 amide bonds. The van der Waals surface area contributed by atoms with Crippen LogP contribution in [0.2, 0.25) is 0 Å². The molecule has 0 bridgehead atoms. The van der Waals surface area contributed by atoms with Gasteiger partial charge in [0.1, 0.15) is 0 Å². The number of benzene rings is 2. The Kier molecular flexibility index (Phi) is 8.10. The number of nitrogens with zero attached hydrogens (tertiary/aromatic N) is 2. The van der Waals surface area contributed by atoms with Gasteiger partial charge < -0.3 is 9.64 Å². The van der Waals surface area contributed by atoms with E-state index in [0.717, 1.165) is 5.56 Å². The fraction of sp³-hybridized carbons (Fsp3) is 0.333. The maximum absolute atomic E-state index is 12.6. The Labute approximate surface area is 177 Å². The molecule has 162 valence electrons. The Morgan fingerprint density at radius 2 is 1.70 bits per heavy atom. The molecule has 2 rings (SSSR count). The summed E-state index contributed by atoms with van der Waals surface area (Å²) < 4.78 is 30.5. The van der Waals surface area contributed by atoms with Crippen molar-refractivity contribution in [3.8, 4) is 0 Å². The standard InChI is InChI=1S/C21H26N2O6S/c1-16(2)23(14-17-9-6-5-7-10-17)20(24)15-29-21(25)18-11-8-12-19(13-18)30(26,27)22(3)28-4/h5-13,16H,14-15H2,1-4H3. The summed E-state index contributed by atoms with van der Waals surface area (Å²) in [6.07, 6.45) is 0. The Hall–Kier alpha value is -2.75. The molecule has 0 aliphatic rings. The highest BCUT2D eigenvalue weighted by atomic mass is 32.2. The molecule has 2 aromatic rings. The summed E-state index contributed by atoms with van der Waals surface area (Å²) in [6, 6.07) is 14.8. The van der Waals surface area contributed by atoms with Crippen molar-refractivity contribution in [2.24, 2.45) is 0 Å². The van der Waals surface area contributed by atoms with Gasteiger partial charge in [0.25, 0.3) is 15.9 Å². The maximum atomic E-state index is 12.6. The van der Waals surface area contributed by atoms with Crippen molar-refractivity contribution < 1.29 is 27.6 Å². The Balaban J connectivity index is 2.07. The number of carbonyl (C=O) groups excluding carboxylic acids is 2. The molecule has 0 aliphatic heterocycles. The zero-order valence-electron chi connectivity index (χ0n) is 17.4. The van der Waals surface area contributed by atoms with Gasteiger partial charge in [-0.15, -0.1) is 0 Å². The third-order valence-corrected chi connectivity index (χ3v) is 6.11. The number of hydrogen-bond acceptors (Lipinski definition) is 6. The number of hydrogen-bond donors (Lipinski definition) is 0. The largest absolute Gasteiger partial charge is 0.452 e. The van der Waals surface area contributed by atoms with Crippen LogP contribution in [0.25, 0.3) is 0 Å². The molecule has 0 fully saturated rings. The number of amides is 1. The molecule has 0 atom stereocenters. The van der Waals surface area contributed by atoms with Gasteiger partial charge in [0, 0.05) is 19.6 Å². The van der Waals surface area contributed by atoms with E-state index in [2.05, 4.69) is 0 Å². The molecule has 0 unspecified atom stereocenters. The lowest BCUT2D eigenvalue weighted by atomic mass is 10.2. The van der Waals surface area contributed by atoms with Gasteiger partial charge in [-0.05, 0) is 37.6 Å². The van der Waals surface area contributed by atoms with Crippen LogP contribution in [0.1, 0.15) is 29.8 Å². The van der Waals surface area contributed by atoms with Crippen molar-refractivity contribution in [3.63, 3.8) is 0 Å². The molecule has 0 aliphatic carbocycles. The maximum Gasteiger partial charge on any atom is 0.338 e. The first-order valence-corrected chi connectivity index (χ1v) is 10.7. The molecule has 0 aromatic heterocycles. The Morgan fingerprint density at radius 3 is 2.30 bits per heavy atom. The van der Waals surface area contributed by atoms with Crippen LogP contribution in [0.4, 0.5) is 0 Å². The van der Waals surface area contributed by atoms with E-state index in [4.69, 9.17) is 9.57 Å². The minimum Gasteiger partial charge on any atom is -0.452 e. The van der Waals surface area contributed by atoms with Gasteiger partial charge in [0.2, 0.25) is 0 Å². The first-order valence-electron chi connectivity index (χ1n) is 9.30. The smallest absolute Gasteiger partial charge is 0.338 e. The van der Waals surface area contributed by atoms with E-state index in [1.165, 1.54) is 38.4 Å². The highest BCUT2D eigenvalue weighted by Gasteiger charge is 2.23. The lowest BCUT2D eigenvalue weighted by molar-refractivity contribution is -0.136. The average Bonchev–Trinajstić information content (AvgIpc) is 2.75. The van der Waals surface area contributed by atoms with Crippen LogP contribution in [-0.2, 0) is 30.9 Å². The summed E-state index contributed by atoms with van der Waals surface area (Å²) >= 11 is 0. The van der Waals surface area contributed by atoms with Crippen molar-refractivity contribution in [2.75, 3.05) is 20.8 Å². The topological polar surface area (TPSA) is 93.2 Å². The summed E-state index contributed by atoms with van der Waals surface area (Å²) in [5.74, 6) is -1.13. The quantitative estimate of drug-likeness (QED) is 0.445. The second-order valence-corrected chi connectivity index (χ2v) is 8.74. The summed E-state index contributed by atoms with van der Waals surface area (Å²) in [5, 5.41) is 0. The van der Waals surface area contributed by atoms with E-state index >= 15 is 0 Å². The fourth-order valence-electron chi connectivity index (χ4n) is 2.66. The summed E-state index contributed by atoms with van der Waals surface area (Å²) in [4.78, 5) is 31.2. The highest BCUT2D eigenvalue weighted by Crippen LogP contribution is 2.17. The van der Waals surface area contributed by atoms with Crippen molar-refractivity contribution in [1.29, 1.82) is 0 Å². The molecule has 8 nitrogen and oxygen atoms in total. The molecular formula is C21H26N2O6S. The predicted octanol–water partition coefficient (Wildman–Crippen LogP) is 2.46. The van der Waals surface area contributed by atoms with E-state index in [0.29, 0.717) is 11.0 Å². The van der Waals surface area contributed by atoms with E-state index in [1.54, 1.807) is 4.90 Å². The SMILES string of the molecule is CON(C)S(=O)(=O)c1cccc(C(=O)OCC(=O)N(Cc2ccccc2)C(C)C)c1. The van der Waals surface area contributed by atoms with Crippen LogP contribution in [0, 0.1) is 0 Å². The predicted molar refractivity (Wildman–Crippen MR) is 111 cm³/mol. The third-order valence-electron chi connectivity index (χ3n) is 4.43. The van der Waals surface area contributed by atoms with E-state index in [9.17, 15) is 18.0 Å². The van der Waals surface area contributed by atoms with Gasteiger partial charge in [0.15, 0.2) is 6.61 Å². The first kappa shape index (κ1) is 23.5. The van der Waals surface area contributed by atoms with Crippen LogP contribution in [0.3, 0.4) is 0 Å². The van der Waals surface area contributed by atoms with Crippen molar-refractivity contribution in [3.05, 3.63) is 65.7 Å². The normalized spacial score (nSPS) is 11.5. The van der Waals surface area contributed by atoms with Crippen molar-refractivity contribution >= 4 is 21.9 Å². The number of rotatable bonds is 9. The lowest BCUT2D eigenvalue weighted by Crippen LogP contribution is -2.39. The van der Waals surface area contributed by atoms with Gasteiger partial charge in [-0.25, -0.2) is 13.2 Å². The fourth-order valence-corrected chi connectivity index (χ4v) is 3.68. The molecule has 30 heavy (non-hydrogen) atoms. The van der Waals surface area contributed by atoms with Crippen molar-refractivity contribution in [2.45, 2.75) is 31.3 Å². The van der Waals surface area contributed by atoms with Gasteiger partial charge in [-0.2, -0.15) is 0 Å². The van der Waals surface area contributed by atoms with E-state index in [1.807, 2.05) is 44.2 Å².